The van der Waals surface area contributed by atoms with Crippen LogP contribution in [0.2, 0.25) is 0 Å². The number of carbonyl (C=O) groups is 3. The lowest BCUT2D eigenvalue weighted by Crippen LogP contribution is -2.34. The van der Waals surface area contributed by atoms with Crippen molar-refractivity contribution in [3.05, 3.63) is 16.0 Å². The minimum absolute atomic E-state index is 0.0106. The van der Waals surface area contributed by atoms with Crippen LogP contribution in [0.15, 0.2) is 0 Å². The van der Waals surface area contributed by atoms with Crippen molar-refractivity contribution in [3.8, 4) is 0 Å². The molecule has 1 aromatic rings. The first kappa shape index (κ1) is 19.9. The maximum atomic E-state index is 12.9. The number of anilines is 1. The highest BCUT2D eigenvalue weighted by Gasteiger charge is 2.34. The van der Waals surface area contributed by atoms with Crippen LogP contribution in [0.3, 0.4) is 0 Å². The van der Waals surface area contributed by atoms with Crippen LogP contribution in [0.25, 0.3) is 0 Å². The molecule has 6 nitrogen and oxygen atoms in total. The zero-order valence-corrected chi connectivity index (χ0v) is 17.0. The predicted octanol–water partition coefficient (Wildman–Crippen LogP) is 2.87. The van der Waals surface area contributed by atoms with Crippen molar-refractivity contribution in [2.75, 3.05) is 18.4 Å². The van der Waals surface area contributed by atoms with Gasteiger partial charge in [0.25, 0.3) is 5.91 Å². The molecule has 27 heavy (non-hydrogen) atoms. The van der Waals surface area contributed by atoms with Gasteiger partial charge in [0.1, 0.15) is 5.00 Å². The van der Waals surface area contributed by atoms with Gasteiger partial charge in [0.05, 0.1) is 5.56 Å². The average molecular weight is 392 g/mol. The van der Waals surface area contributed by atoms with Gasteiger partial charge in [0.2, 0.25) is 11.8 Å². The third kappa shape index (κ3) is 4.69. The summed E-state index contributed by atoms with van der Waals surface area (Å²) in [7, 11) is 0. The Morgan fingerprint density at radius 1 is 1.04 bits per heavy atom. The summed E-state index contributed by atoms with van der Waals surface area (Å²) in [6.07, 6.45) is 5.90. The van der Waals surface area contributed by atoms with Crippen LogP contribution < -0.4 is 16.0 Å². The second-order valence-corrected chi connectivity index (χ2v) is 8.52. The molecule has 1 heterocycles. The number of aryl methyl sites for hydroxylation is 1. The molecular weight excluding hydrogens is 362 g/mol. The molecule has 148 valence electrons. The van der Waals surface area contributed by atoms with E-state index < -0.39 is 0 Å². The van der Waals surface area contributed by atoms with E-state index in [1.54, 1.807) is 0 Å². The molecule has 0 aliphatic heterocycles. The van der Waals surface area contributed by atoms with Gasteiger partial charge in [-0.1, -0.05) is 13.3 Å². The second-order valence-electron chi connectivity index (χ2n) is 7.42. The number of rotatable bonds is 8. The lowest BCUT2D eigenvalue weighted by Gasteiger charge is -2.22. The van der Waals surface area contributed by atoms with Gasteiger partial charge >= 0.3 is 0 Å². The minimum Gasteiger partial charge on any atom is -0.356 e. The van der Waals surface area contributed by atoms with Gasteiger partial charge in [-0.05, 0) is 51.0 Å². The molecule has 1 unspecified atom stereocenters. The molecule has 1 aromatic heterocycles. The zero-order valence-electron chi connectivity index (χ0n) is 16.2. The van der Waals surface area contributed by atoms with Crippen molar-refractivity contribution >= 4 is 34.1 Å². The number of fused-ring (bicyclic) bond motifs is 1. The summed E-state index contributed by atoms with van der Waals surface area (Å²) in [6.45, 7) is 5.22. The maximum absolute atomic E-state index is 12.9. The summed E-state index contributed by atoms with van der Waals surface area (Å²) in [5.41, 5.74) is 1.52. The Hall–Kier alpha value is -1.89. The normalized spacial score (nSPS) is 18.5. The summed E-state index contributed by atoms with van der Waals surface area (Å²) in [5, 5.41) is 9.52. The van der Waals surface area contributed by atoms with Crippen molar-refractivity contribution in [1.29, 1.82) is 0 Å². The van der Waals surface area contributed by atoms with E-state index in [1.165, 1.54) is 11.3 Å². The second kappa shape index (κ2) is 8.87. The van der Waals surface area contributed by atoms with E-state index in [2.05, 4.69) is 22.9 Å². The Morgan fingerprint density at radius 2 is 1.81 bits per heavy atom. The molecule has 0 saturated heterocycles. The highest BCUT2D eigenvalue weighted by molar-refractivity contribution is 7.17. The summed E-state index contributed by atoms with van der Waals surface area (Å²) in [4.78, 5) is 38.6. The fourth-order valence-electron chi connectivity index (χ4n) is 3.48. The van der Waals surface area contributed by atoms with Crippen LogP contribution in [-0.2, 0) is 22.4 Å². The standard InChI is InChI=1S/C20H29N3O3S/c1-3-5-10-22-19(26)16-14-11-13(17(24)21-4-2)8-9-15(14)27-20(16)23-18(25)12-6-7-12/h12-13H,3-11H2,1-2H3,(H,21,24)(H,22,26)(H,23,25). The van der Waals surface area contributed by atoms with E-state index in [4.69, 9.17) is 0 Å². The van der Waals surface area contributed by atoms with E-state index in [-0.39, 0.29) is 29.6 Å². The molecule has 3 amide bonds. The van der Waals surface area contributed by atoms with Crippen LogP contribution in [-0.4, -0.2) is 30.8 Å². The van der Waals surface area contributed by atoms with Crippen LogP contribution in [0.1, 0.15) is 66.8 Å². The summed E-state index contributed by atoms with van der Waals surface area (Å²) in [6, 6.07) is 0. The fourth-order valence-corrected chi connectivity index (χ4v) is 4.73. The predicted molar refractivity (Wildman–Crippen MR) is 107 cm³/mol. The molecule has 3 rings (SSSR count). The zero-order chi connectivity index (χ0) is 19.4. The molecule has 3 N–H and O–H groups in total. The Bertz CT molecular complexity index is 724. The van der Waals surface area contributed by atoms with Crippen molar-refractivity contribution in [1.82, 2.24) is 10.6 Å². The van der Waals surface area contributed by atoms with E-state index in [0.29, 0.717) is 30.1 Å². The number of hydrogen-bond acceptors (Lipinski definition) is 4. The Kier molecular flexibility index (Phi) is 6.52. The highest BCUT2D eigenvalue weighted by atomic mass is 32.1. The highest BCUT2D eigenvalue weighted by Crippen LogP contribution is 2.41. The first-order valence-corrected chi connectivity index (χ1v) is 10.9. The first-order chi connectivity index (χ1) is 13.0. The molecule has 2 aliphatic carbocycles. The largest absolute Gasteiger partial charge is 0.356 e. The quantitative estimate of drug-likeness (QED) is 0.596. The van der Waals surface area contributed by atoms with Gasteiger partial charge in [-0.3, -0.25) is 14.4 Å². The van der Waals surface area contributed by atoms with Crippen molar-refractivity contribution in [2.45, 2.75) is 58.8 Å². The monoisotopic (exact) mass is 391 g/mol. The van der Waals surface area contributed by atoms with Gasteiger partial charge < -0.3 is 16.0 Å². The number of thiophene rings is 1. The third-order valence-electron chi connectivity index (χ3n) is 5.21. The van der Waals surface area contributed by atoms with Gasteiger partial charge in [0.15, 0.2) is 0 Å². The van der Waals surface area contributed by atoms with Gasteiger partial charge in [-0.15, -0.1) is 11.3 Å². The molecule has 0 spiro atoms. The Morgan fingerprint density at radius 3 is 2.48 bits per heavy atom. The summed E-state index contributed by atoms with van der Waals surface area (Å²) >= 11 is 1.51. The maximum Gasteiger partial charge on any atom is 0.254 e. The third-order valence-corrected chi connectivity index (χ3v) is 6.42. The number of nitrogens with one attached hydrogen (secondary N) is 3. The topological polar surface area (TPSA) is 87.3 Å². The molecule has 7 heteroatoms. The smallest absolute Gasteiger partial charge is 0.254 e. The number of hydrogen-bond donors (Lipinski definition) is 3. The van der Waals surface area contributed by atoms with Crippen LogP contribution in [0.5, 0.6) is 0 Å². The average Bonchev–Trinajstić information content (AvgIpc) is 3.43. The number of unbranched alkanes of at least 4 members (excludes halogenated alkanes) is 1. The molecule has 0 bridgehead atoms. The Labute approximate surface area is 164 Å². The van der Waals surface area contributed by atoms with Crippen LogP contribution >= 0.6 is 11.3 Å². The number of carbonyl (C=O) groups excluding carboxylic acids is 3. The molecular formula is C20H29N3O3S. The van der Waals surface area contributed by atoms with E-state index >= 15 is 0 Å². The van der Waals surface area contributed by atoms with Crippen molar-refractivity contribution in [3.63, 3.8) is 0 Å². The lowest BCUT2D eigenvalue weighted by molar-refractivity contribution is -0.125. The first-order valence-electron chi connectivity index (χ1n) is 10.1. The molecule has 0 aromatic carbocycles. The lowest BCUT2D eigenvalue weighted by atomic mass is 9.85. The SMILES string of the molecule is CCCCNC(=O)c1c(NC(=O)C2CC2)sc2c1CC(C(=O)NCC)CC2. The van der Waals surface area contributed by atoms with E-state index in [0.717, 1.165) is 49.0 Å². The van der Waals surface area contributed by atoms with Crippen LogP contribution in [0, 0.1) is 11.8 Å². The molecule has 1 saturated carbocycles. The molecule has 0 radical (unpaired) electrons. The van der Waals surface area contributed by atoms with Gasteiger partial charge in [-0.25, -0.2) is 0 Å². The van der Waals surface area contributed by atoms with Gasteiger partial charge in [-0.2, -0.15) is 0 Å². The minimum atomic E-state index is -0.136. The van der Waals surface area contributed by atoms with Crippen molar-refractivity contribution < 1.29 is 14.4 Å². The van der Waals surface area contributed by atoms with E-state index in [9.17, 15) is 14.4 Å². The Balaban J connectivity index is 1.84. The van der Waals surface area contributed by atoms with Gasteiger partial charge in [0, 0.05) is 29.8 Å². The molecule has 1 fully saturated rings. The van der Waals surface area contributed by atoms with E-state index in [1.807, 2.05) is 6.92 Å². The fraction of sp³-hybridized carbons (Fsp3) is 0.650. The summed E-state index contributed by atoms with van der Waals surface area (Å²) in [5.74, 6) is -0.0974. The molecule has 2 aliphatic rings. The summed E-state index contributed by atoms with van der Waals surface area (Å²) < 4.78 is 0. The van der Waals surface area contributed by atoms with Crippen LogP contribution in [0.4, 0.5) is 5.00 Å². The number of amides is 3. The van der Waals surface area contributed by atoms with Crippen molar-refractivity contribution in [2.24, 2.45) is 11.8 Å². The molecule has 1 atom stereocenters.